The van der Waals surface area contributed by atoms with E-state index in [0.717, 1.165) is 6.26 Å². The summed E-state index contributed by atoms with van der Waals surface area (Å²) < 4.78 is 38.1. The Kier molecular flexibility index (Phi) is 6.56. The first-order chi connectivity index (χ1) is 15.1. The van der Waals surface area contributed by atoms with Gasteiger partial charge in [0.2, 0.25) is 0 Å². The molecule has 1 atom stereocenters. The zero-order valence-corrected chi connectivity index (χ0v) is 18.3. The summed E-state index contributed by atoms with van der Waals surface area (Å²) >= 11 is 0. The van der Waals surface area contributed by atoms with Crippen LogP contribution in [0.2, 0.25) is 0 Å². The number of rotatable bonds is 7. The molecule has 1 amide bonds. The van der Waals surface area contributed by atoms with E-state index in [-0.39, 0.29) is 13.0 Å². The predicted octanol–water partition coefficient (Wildman–Crippen LogP) is 2.42. The normalized spacial score (nSPS) is 13.4. The lowest BCUT2D eigenvalue weighted by Gasteiger charge is -2.25. The molecule has 0 saturated carbocycles. The molecular weight excluding hydrogens is 437 g/mol. The number of hydrogen-bond acceptors (Lipinski definition) is 6. The van der Waals surface area contributed by atoms with Gasteiger partial charge in [-0.05, 0) is 54.3 Å². The van der Waals surface area contributed by atoms with E-state index in [1.165, 1.54) is 35.3 Å². The molecule has 32 heavy (non-hydrogen) atoms. The van der Waals surface area contributed by atoms with Crippen LogP contribution in [0.5, 0.6) is 0 Å². The molecular formula is C22H22FN3O5S. The highest BCUT2D eigenvalue weighted by Crippen LogP contribution is 2.27. The third-order valence-corrected chi connectivity index (χ3v) is 7.55. The summed E-state index contributed by atoms with van der Waals surface area (Å²) in [6.45, 7) is 1.10. The molecule has 3 aromatic rings. The minimum Gasteiger partial charge on any atom is -0.315 e. The van der Waals surface area contributed by atoms with Gasteiger partial charge in [0.1, 0.15) is 5.82 Å². The number of pyridine rings is 2. The fraction of sp³-hybridized carbons (Fsp3) is 0.227. The fourth-order valence-corrected chi connectivity index (χ4v) is 4.10. The minimum atomic E-state index is -3.87. The van der Waals surface area contributed by atoms with Crippen molar-refractivity contribution < 1.29 is 22.8 Å². The standard InChI is InChI=1S/C22H22FN3O5S/c1-22(21(28)25-29,32(2,30)31)8-12-26-11-7-17(14-20(26)27)16-3-4-18(19(23)13-16)15-5-9-24-10-6-15/h3-7,9-11,13-14,29H,8,12H2,1-2H3,(H,25,28). The van der Waals surface area contributed by atoms with Crippen molar-refractivity contribution in [1.29, 1.82) is 0 Å². The molecule has 0 radical (unpaired) electrons. The Morgan fingerprint density at radius 2 is 1.78 bits per heavy atom. The van der Waals surface area contributed by atoms with Gasteiger partial charge in [0.05, 0.1) is 0 Å². The molecule has 1 unspecified atom stereocenters. The average molecular weight is 459 g/mol. The maximum Gasteiger partial charge on any atom is 0.264 e. The largest absolute Gasteiger partial charge is 0.315 e. The zero-order valence-electron chi connectivity index (χ0n) is 17.4. The Morgan fingerprint density at radius 3 is 2.34 bits per heavy atom. The number of nitrogens with one attached hydrogen (secondary N) is 1. The third kappa shape index (κ3) is 4.61. The molecule has 3 rings (SSSR count). The highest BCUT2D eigenvalue weighted by atomic mass is 32.2. The van der Waals surface area contributed by atoms with Crippen molar-refractivity contribution in [3.05, 3.63) is 77.2 Å². The highest BCUT2D eigenvalue weighted by Gasteiger charge is 2.43. The van der Waals surface area contributed by atoms with E-state index in [0.29, 0.717) is 22.3 Å². The molecule has 2 aromatic heterocycles. The summed E-state index contributed by atoms with van der Waals surface area (Å²) in [5.74, 6) is -1.52. The van der Waals surface area contributed by atoms with E-state index >= 15 is 0 Å². The van der Waals surface area contributed by atoms with Crippen molar-refractivity contribution in [3.63, 3.8) is 0 Å². The van der Waals surface area contributed by atoms with Gasteiger partial charge < -0.3 is 4.57 Å². The van der Waals surface area contributed by atoms with Crippen LogP contribution in [0.15, 0.2) is 65.8 Å². The van der Waals surface area contributed by atoms with Crippen LogP contribution in [0.25, 0.3) is 22.3 Å². The van der Waals surface area contributed by atoms with Crippen LogP contribution >= 0.6 is 0 Å². The second-order valence-electron chi connectivity index (χ2n) is 7.57. The van der Waals surface area contributed by atoms with Crippen LogP contribution in [0, 0.1) is 5.82 Å². The molecule has 2 heterocycles. The number of sulfone groups is 1. The fourth-order valence-electron chi connectivity index (χ4n) is 3.25. The number of carbonyl (C=O) groups excluding carboxylic acids is 1. The van der Waals surface area contributed by atoms with Gasteiger partial charge >= 0.3 is 0 Å². The van der Waals surface area contributed by atoms with Gasteiger partial charge in [-0.15, -0.1) is 0 Å². The quantitative estimate of drug-likeness (QED) is 0.414. The van der Waals surface area contributed by atoms with Crippen molar-refractivity contribution in [1.82, 2.24) is 15.0 Å². The van der Waals surface area contributed by atoms with Gasteiger partial charge in [0, 0.05) is 43.0 Å². The molecule has 0 spiro atoms. The molecule has 10 heteroatoms. The van der Waals surface area contributed by atoms with Crippen molar-refractivity contribution in [2.75, 3.05) is 6.26 Å². The smallest absolute Gasteiger partial charge is 0.264 e. The molecule has 2 N–H and O–H groups in total. The van der Waals surface area contributed by atoms with Crippen LogP contribution in [0.1, 0.15) is 13.3 Å². The molecule has 0 aliphatic rings. The zero-order chi connectivity index (χ0) is 23.5. The molecule has 0 saturated heterocycles. The SMILES string of the molecule is CC(CCn1ccc(-c2ccc(-c3ccncc3)c(F)c2)cc1=O)(C(=O)NO)S(C)(=O)=O. The maximum absolute atomic E-state index is 14.7. The lowest BCUT2D eigenvalue weighted by molar-refractivity contribution is -0.131. The Labute approximate surface area is 184 Å². The maximum atomic E-state index is 14.7. The molecule has 0 bridgehead atoms. The number of halogens is 1. The van der Waals surface area contributed by atoms with E-state index in [2.05, 4.69) is 4.98 Å². The first-order valence-electron chi connectivity index (χ1n) is 9.62. The van der Waals surface area contributed by atoms with Gasteiger partial charge in [-0.2, -0.15) is 0 Å². The van der Waals surface area contributed by atoms with Crippen molar-refractivity contribution >= 4 is 15.7 Å². The summed E-state index contributed by atoms with van der Waals surface area (Å²) in [5, 5.41) is 8.90. The Balaban J connectivity index is 1.85. The number of nitrogens with zero attached hydrogens (tertiary/aromatic N) is 2. The summed E-state index contributed by atoms with van der Waals surface area (Å²) in [4.78, 5) is 28.4. The number of hydroxylamine groups is 1. The average Bonchev–Trinajstić information content (AvgIpc) is 2.77. The molecule has 168 valence electrons. The molecule has 0 fully saturated rings. The van der Waals surface area contributed by atoms with Gasteiger partial charge in [-0.25, -0.2) is 18.3 Å². The molecule has 8 nitrogen and oxygen atoms in total. The predicted molar refractivity (Wildman–Crippen MR) is 117 cm³/mol. The lowest BCUT2D eigenvalue weighted by Crippen LogP contribution is -2.49. The van der Waals surface area contributed by atoms with Crippen LogP contribution in [0.3, 0.4) is 0 Å². The molecule has 0 aliphatic carbocycles. The monoisotopic (exact) mass is 459 g/mol. The van der Waals surface area contributed by atoms with E-state index < -0.39 is 31.9 Å². The Bertz CT molecular complexity index is 1310. The van der Waals surface area contributed by atoms with Crippen LogP contribution in [-0.2, 0) is 21.2 Å². The first-order valence-corrected chi connectivity index (χ1v) is 11.5. The minimum absolute atomic E-state index is 0.0779. The van der Waals surface area contributed by atoms with E-state index in [1.54, 1.807) is 42.7 Å². The van der Waals surface area contributed by atoms with E-state index in [9.17, 15) is 22.4 Å². The van der Waals surface area contributed by atoms with Gasteiger partial charge in [0.15, 0.2) is 14.6 Å². The third-order valence-electron chi connectivity index (χ3n) is 5.52. The number of aromatic nitrogens is 2. The second-order valence-corrected chi connectivity index (χ2v) is 10.0. The van der Waals surface area contributed by atoms with Crippen molar-refractivity contribution in [3.8, 4) is 22.3 Å². The first kappa shape index (κ1) is 23.3. The van der Waals surface area contributed by atoms with Gasteiger partial charge in [0.25, 0.3) is 11.5 Å². The Hall–Kier alpha value is -3.37. The molecule has 1 aromatic carbocycles. The number of carbonyl (C=O) groups is 1. The summed E-state index contributed by atoms with van der Waals surface area (Å²) in [7, 11) is -3.87. The van der Waals surface area contributed by atoms with Crippen molar-refractivity contribution in [2.24, 2.45) is 0 Å². The number of hydrogen-bond donors (Lipinski definition) is 2. The van der Waals surface area contributed by atoms with E-state index in [1.807, 2.05) is 0 Å². The van der Waals surface area contributed by atoms with Crippen LogP contribution < -0.4 is 11.0 Å². The topological polar surface area (TPSA) is 118 Å². The lowest BCUT2D eigenvalue weighted by atomic mass is 10.0. The van der Waals surface area contributed by atoms with Crippen LogP contribution in [-0.4, -0.2) is 40.1 Å². The summed E-state index contributed by atoms with van der Waals surface area (Å²) in [6, 6.07) is 11.0. The number of aryl methyl sites for hydroxylation is 1. The highest BCUT2D eigenvalue weighted by molar-refractivity contribution is 7.92. The van der Waals surface area contributed by atoms with Gasteiger partial charge in [-0.3, -0.25) is 19.8 Å². The van der Waals surface area contributed by atoms with E-state index in [4.69, 9.17) is 5.21 Å². The van der Waals surface area contributed by atoms with Crippen molar-refractivity contribution in [2.45, 2.75) is 24.6 Å². The number of benzene rings is 1. The Morgan fingerprint density at radius 1 is 1.12 bits per heavy atom. The van der Waals surface area contributed by atoms with Gasteiger partial charge in [-0.1, -0.05) is 12.1 Å². The van der Waals surface area contributed by atoms with Crippen LogP contribution in [0.4, 0.5) is 4.39 Å². The summed E-state index contributed by atoms with van der Waals surface area (Å²) in [5.41, 5.74) is 3.01. The number of amides is 1. The summed E-state index contributed by atoms with van der Waals surface area (Å²) in [6.07, 6.45) is 5.25. The molecule has 0 aliphatic heterocycles. The second kappa shape index (κ2) is 9.01.